The van der Waals surface area contributed by atoms with Gasteiger partial charge in [0.2, 0.25) is 5.90 Å². The minimum absolute atomic E-state index is 0.239. The Bertz CT molecular complexity index is 767. The van der Waals surface area contributed by atoms with Crippen LogP contribution in [-0.2, 0) is 9.53 Å². The lowest BCUT2D eigenvalue weighted by molar-refractivity contribution is -0.129. The molecule has 1 aromatic carbocycles. The number of carbonyl (C=O) groups excluding carboxylic acids is 1. The van der Waals surface area contributed by atoms with E-state index in [1.807, 2.05) is 17.5 Å². The number of nitrogens with zero attached hydrogens (tertiary/aromatic N) is 2. The van der Waals surface area contributed by atoms with Gasteiger partial charge in [-0.05, 0) is 35.2 Å². The van der Waals surface area contributed by atoms with Crippen LogP contribution < -0.4 is 0 Å². The molecule has 96 valence electrons. The molecule has 5 heteroatoms. The summed E-state index contributed by atoms with van der Waals surface area (Å²) in [5.74, 6) is -0.150. The summed E-state index contributed by atoms with van der Waals surface area (Å²) < 4.78 is 5.14. The molecule has 2 heterocycles. The quantitative estimate of drug-likeness (QED) is 0.627. The van der Waals surface area contributed by atoms with E-state index < -0.39 is 5.97 Å². The van der Waals surface area contributed by atoms with Crippen molar-refractivity contribution in [3.63, 3.8) is 0 Å². The summed E-state index contributed by atoms with van der Waals surface area (Å²) in [7, 11) is 0. The summed E-state index contributed by atoms with van der Waals surface area (Å²) >= 11 is 1.46. The van der Waals surface area contributed by atoms with Crippen molar-refractivity contribution < 1.29 is 9.53 Å². The molecule has 1 aromatic heterocycles. The molecule has 0 saturated heterocycles. The predicted molar refractivity (Wildman–Crippen MR) is 76.1 cm³/mol. The Morgan fingerprint density at radius 1 is 1.30 bits per heavy atom. The van der Waals surface area contributed by atoms with Crippen molar-refractivity contribution in [1.29, 1.82) is 5.26 Å². The lowest BCUT2D eigenvalue weighted by Gasteiger charge is -1.94. The smallest absolute Gasteiger partial charge is 0.363 e. The van der Waals surface area contributed by atoms with Crippen LogP contribution in [0.2, 0.25) is 0 Å². The first-order valence-corrected chi connectivity index (χ1v) is 6.71. The number of carbonyl (C=O) groups is 1. The third kappa shape index (κ3) is 2.37. The van der Waals surface area contributed by atoms with Crippen LogP contribution in [0.4, 0.5) is 0 Å². The zero-order valence-electron chi connectivity index (χ0n) is 10.2. The van der Waals surface area contributed by atoms with E-state index in [1.54, 1.807) is 30.3 Å². The lowest BCUT2D eigenvalue weighted by Crippen LogP contribution is -2.03. The van der Waals surface area contributed by atoms with Crippen LogP contribution in [0.3, 0.4) is 0 Å². The highest BCUT2D eigenvalue weighted by atomic mass is 32.1. The van der Waals surface area contributed by atoms with Crippen molar-refractivity contribution in [2.75, 3.05) is 0 Å². The minimum Gasteiger partial charge on any atom is -0.401 e. The highest BCUT2D eigenvalue weighted by molar-refractivity contribution is 7.12. The van der Waals surface area contributed by atoms with E-state index in [1.165, 1.54) is 11.3 Å². The third-order valence-corrected chi connectivity index (χ3v) is 3.53. The number of ether oxygens (including phenoxy) is 1. The number of aliphatic imine (C=N–C) groups is 1. The maximum Gasteiger partial charge on any atom is 0.363 e. The summed E-state index contributed by atoms with van der Waals surface area (Å²) in [4.78, 5) is 16.8. The standard InChI is InChI=1S/C15H8N2O2S/c16-9-11-4-1-3-10(7-11)8-12-15(18)19-14(17-12)13-5-2-6-20-13/h1-8H/b12-8-. The Balaban J connectivity index is 1.95. The molecule has 0 fully saturated rings. The molecule has 0 N–H and O–H groups in total. The number of rotatable bonds is 2. The SMILES string of the molecule is N#Cc1cccc(/C=C2\N=C(c3cccs3)OC2=O)c1. The number of cyclic esters (lactones) is 1. The molecule has 20 heavy (non-hydrogen) atoms. The first-order valence-electron chi connectivity index (χ1n) is 5.83. The highest BCUT2D eigenvalue weighted by Gasteiger charge is 2.24. The summed E-state index contributed by atoms with van der Waals surface area (Å²) in [5.41, 5.74) is 1.52. The molecule has 0 unspecified atom stereocenters. The van der Waals surface area contributed by atoms with Gasteiger partial charge in [-0.15, -0.1) is 11.3 Å². The lowest BCUT2D eigenvalue weighted by atomic mass is 10.1. The number of esters is 1. The Labute approximate surface area is 119 Å². The highest BCUT2D eigenvalue weighted by Crippen LogP contribution is 2.21. The largest absolute Gasteiger partial charge is 0.401 e. The van der Waals surface area contributed by atoms with E-state index in [2.05, 4.69) is 11.1 Å². The van der Waals surface area contributed by atoms with E-state index in [-0.39, 0.29) is 5.70 Å². The number of hydrogen-bond donors (Lipinski definition) is 0. The molecule has 1 aliphatic rings. The van der Waals surface area contributed by atoms with Gasteiger partial charge in [0.25, 0.3) is 0 Å². The van der Waals surface area contributed by atoms with Crippen LogP contribution in [0.25, 0.3) is 6.08 Å². The molecule has 0 saturated carbocycles. The molecule has 0 spiro atoms. The molecule has 0 aliphatic carbocycles. The van der Waals surface area contributed by atoms with Crippen LogP contribution in [0.5, 0.6) is 0 Å². The summed E-state index contributed by atoms with van der Waals surface area (Å²) in [6.07, 6.45) is 1.61. The molecule has 0 amide bonds. The average molecular weight is 280 g/mol. The monoisotopic (exact) mass is 280 g/mol. The van der Waals surface area contributed by atoms with Crippen molar-refractivity contribution in [2.45, 2.75) is 0 Å². The van der Waals surface area contributed by atoms with Crippen LogP contribution in [0.1, 0.15) is 16.0 Å². The van der Waals surface area contributed by atoms with Crippen molar-refractivity contribution in [2.24, 2.45) is 4.99 Å². The second-order valence-corrected chi connectivity index (χ2v) is 5.00. The molecule has 3 rings (SSSR count). The Morgan fingerprint density at radius 3 is 2.95 bits per heavy atom. The van der Waals surface area contributed by atoms with Gasteiger partial charge in [-0.25, -0.2) is 9.79 Å². The Hall–Kier alpha value is -2.71. The van der Waals surface area contributed by atoms with Gasteiger partial charge in [0, 0.05) is 0 Å². The van der Waals surface area contributed by atoms with Crippen molar-refractivity contribution >= 4 is 29.3 Å². The molecule has 0 atom stereocenters. The second-order valence-electron chi connectivity index (χ2n) is 4.05. The fourth-order valence-corrected chi connectivity index (χ4v) is 2.42. The van der Waals surface area contributed by atoms with Crippen molar-refractivity contribution in [3.8, 4) is 6.07 Å². The zero-order valence-corrected chi connectivity index (χ0v) is 11.1. The first kappa shape index (κ1) is 12.3. The van der Waals surface area contributed by atoms with Gasteiger partial charge in [0.05, 0.1) is 16.5 Å². The fourth-order valence-electron chi connectivity index (χ4n) is 1.77. The van der Waals surface area contributed by atoms with E-state index in [0.717, 1.165) is 10.4 Å². The molecule has 0 radical (unpaired) electrons. The van der Waals surface area contributed by atoms with E-state index in [0.29, 0.717) is 11.5 Å². The van der Waals surface area contributed by atoms with E-state index in [4.69, 9.17) is 10.00 Å². The van der Waals surface area contributed by atoms with Gasteiger partial charge < -0.3 is 4.74 Å². The van der Waals surface area contributed by atoms with Gasteiger partial charge in [0.1, 0.15) is 0 Å². The second kappa shape index (κ2) is 5.11. The Kier molecular flexibility index (Phi) is 3.15. The van der Waals surface area contributed by atoms with E-state index >= 15 is 0 Å². The Morgan fingerprint density at radius 2 is 2.20 bits per heavy atom. The van der Waals surface area contributed by atoms with Crippen LogP contribution in [0, 0.1) is 11.3 Å². The average Bonchev–Trinajstić information content (AvgIpc) is 3.10. The third-order valence-electron chi connectivity index (χ3n) is 2.67. The zero-order chi connectivity index (χ0) is 13.9. The first-order chi connectivity index (χ1) is 9.76. The van der Waals surface area contributed by atoms with Crippen LogP contribution in [-0.4, -0.2) is 11.9 Å². The van der Waals surface area contributed by atoms with Crippen molar-refractivity contribution in [1.82, 2.24) is 0 Å². The van der Waals surface area contributed by atoms with Crippen LogP contribution in [0.15, 0.2) is 52.5 Å². The number of hydrogen-bond acceptors (Lipinski definition) is 5. The summed E-state index contributed by atoms with van der Waals surface area (Å²) in [6, 6.07) is 12.7. The normalized spacial score (nSPS) is 15.8. The maximum atomic E-state index is 11.8. The van der Waals surface area contributed by atoms with E-state index in [9.17, 15) is 4.79 Å². The molecular weight excluding hydrogens is 272 g/mol. The summed E-state index contributed by atoms with van der Waals surface area (Å²) in [5, 5.41) is 10.7. The molecular formula is C15H8N2O2S. The minimum atomic E-state index is -0.476. The van der Waals surface area contributed by atoms with Gasteiger partial charge in [0.15, 0.2) is 5.70 Å². The topological polar surface area (TPSA) is 62.4 Å². The van der Waals surface area contributed by atoms with Gasteiger partial charge >= 0.3 is 5.97 Å². The van der Waals surface area contributed by atoms with Gasteiger partial charge in [-0.1, -0.05) is 18.2 Å². The number of benzene rings is 1. The van der Waals surface area contributed by atoms with Crippen molar-refractivity contribution in [3.05, 3.63) is 63.5 Å². The predicted octanol–water partition coefficient (Wildman–Crippen LogP) is 2.96. The van der Waals surface area contributed by atoms with Gasteiger partial charge in [-0.2, -0.15) is 5.26 Å². The maximum absolute atomic E-state index is 11.8. The van der Waals surface area contributed by atoms with Gasteiger partial charge in [-0.3, -0.25) is 0 Å². The molecule has 0 bridgehead atoms. The number of thiophene rings is 1. The fraction of sp³-hybridized carbons (Fsp3) is 0. The summed E-state index contributed by atoms with van der Waals surface area (Å²) in [6.45, 7) is 0. The molecule has 2 aromatic rings. The molecule has 1 aliphatic heterocycles. The molecule has 4 nitrogen and oxygen atoms in total. The number of nitriles is 1. The van der Waals surface area contributed by atoms with Crippen LogP contribution >= 0.6 is 11.3 Å².